The average Bonchev–Trinajstić information content (AvgIpc) is 2.13. The molecule has 0 unspecified atom stereocenters. The Bertz CT molecular complexity index is 338. The summed E-state index contributed by atoms with van der Waals surface area (Å²) in [5.41, 5.74) is 2.30. The van der Waals surface area contributed by atoms with Gasteiger partial charge in [0.2, 0.25) is 0 Å². The smallest absolute Gasteiger partial charge is 0.144 e. The Morgan fingerprint density at radius 3 is 1.53 bits per heavy atom. The Labute approximate surface area is 108 Å². The number of hydrogen-bond donors (Lipinski definition) is 1. The lowest BCUT2D eigenvalue weighted by molar-refractivity contribution is 0.465. The molecule has 1 aromatic rings. The van der Waals surface area contributed by atoms with Crippen LogP contribution in [0.25, 0.3) is 0 Å². The van der Waals surface area contributed by atoms with E-state index in [1.54, 1.807) is 0 Å². The summed E-state index contributed by atoms with van der Waals surface area (Å²) < 4.78 is 1.60. The summed E-state index contributed by atoms with van der Waals surface area (Å²) in [5, 5.41) is 9.97. The van der Waals surface area contributed by atoms with E-state index in [2.05, 4.69) is 65.6 Å². The van der Waals surface area contributed by atoms with Crippen LogP contribution in [0.15, 0.2) is 15.0 Å². The first-order valence-corrected chi connectivity index (χ1v) is 6.65. The molecule has 0 atom stereocenters. The van der Waals surface area contributed by atoms with Crippen molar-refractivity contribution >= 4 is 31.9 Å². The van der Waals surface area contributed by atoms with E-state index >= 15 is 0 Å². The number of aromatic hydroxyl groups is 1. The lowest BCUT2D eigenvalue weighted by Gasteiger charge is -2.17. The van der Waals surface area contributed by atoms with Crippen LogP contribution in [0.5, 0.6) is 5.75 Å². The van der Waals surface area contributed by atoms with E-state index < -0.39 is 0 Å². The first-order valence-electron chi connectivity index (χ1n) is 5.07. The second-order valence-electron chi connectivity index (χ2n) is 4.34. The van der Waals surface area contributed by atoms with Crippen molar-refractivity contribution in [2.75, 3.05) is 0 Å². The van der Waals surface area contributed by atoms with Gasteiger partial charge in [-0.15, -0.1) is 0 Å². The molecule has 3 heteroatoms. The molecule has 0 aromatic heterocycles. The second kappa shape index (κ2) is 4.88. The van der Waals surface area contributed by atoms with Gasteiger partial charge in [0.25, 0.3) is 0 Å². The van der Waals surface area contributed by atoms with Crippen molar-refractivity contribution in [3.05, 3.63) is 26.1 Å². The van der Waals surface area contributed by atoms with Gasteiger partial charge in [-0.1, -0.05) is 33.8 Å². The molecule has 1 aromatic carbocycles. The Morgan fingerprint density at radius 1 is 0.933 bits per heavy atom. The van der Waals surface area contributed by atoms with E-state index in [4.69, 9.17) is 0 Å². The molecule has 0 fully saturated rings. The first-order chi connectivity index (χ1) is 6.86. The van der Waals surface area contributed by atoms with Gasteiger partial charge in [0.1, 0.15) is 5.75 Å². The van der Waals surface area contributed by atoms with E-state index in [9.17, 15) is 5.11 Å². The molecule has 0 spiro atoms. The Kier molecular flexibility index (Phi) is 4.24. The van der Waals surface area contributed by atoms with Gasteiger partial charge in [-0.2, -0.15) is 0 Å². The van der Waals surface area contributed by atoms with Gasteiger partial charge >= 0.3 is 0 Å². The summed E-state index contributed by atoms with van der Waals surface area (Å²) in [6.07, 6.45) is 0. The van der Waals surface area contributed by atoms with Crippen LogP contribution in [0.3, 0.4) is 0 Å². The molecule has 0 radical (unpaired) electrons. The van der Waals surface area contributed by atoms with Crippen molar-refractivity contribution in [1.82, 2.24) is 0 Å². The molecule has 0 aliphatic carbocycles. The third-order valence-corrected chi connectivity index (χ3v) is 4.14. The molecule has 0 bridgehead atoms. The standard InChI is InChI=1S/C12H16Br2O/c1-6(2)8-5-9(7(3)4)11(14)12(15)10(8)13/h5-7,15H,1-4H3. The van der Waals surface area contributed by atoms with Gasteiger partial charge in [-0.05, 0) is 54.8 Å². The van der Waals surface area contributed by atoms with Crippen molar-refractivity contribution < 1.29 is 5.11 Å². The predicted molar refractivity (Wildman–Crippen MR) is 71.7 cm³/mol. The van der Waals surface area contributed by atoms with Crippen LogP contribution in [0.2, 0.25) is 0 Å². The van der Waals surface area contributed by atoms with Gasteiger partial charge in [0.05, 0.1) is 8.95 Å². The van der Waals surface area contributed by atoms with Crippen molar-refractivity contribution in [1.29, 1.82) is 0 Å². The lowest BCUT2D eigenvalue weighted by atomic mass is 9.95. The average molecular weight is 336 g/mol. The van der Waals surface area contributed by atoms with Crippen LogP contribution in [0.4, 0.5) is 0 Å². The Morgan fingerprint density at radius 2 is 1.27 bits per heavy atom. The van der Waals surface area contributed by atoms with Crippen LogP contribution in [0.1, 0.15) is 50.7 Å². The van der Waals surface area contributed by atoms with Gasteiger partial charge in [0.15, 0.2) is 0 Å². The molecular weight excluding hydrogens is 320 g/mol. The van der Waals surface area contributed by atoms with E-state index in [0.717, 1.165) is 20.1 Å². The summed E-state index contributed by atoms with van der Waals surface area (Å²) in [6.45, 7) is 8.49. The molecule has 1 rings (SSSR count). The van der Waals surface area contributed by atoms with Gasteiger partial charge in [-0.25, -0.2) is 0 Å². The molecule has 15 heavy (non-hydrogen) atoms. The van der Waals surface area contributed by atoms with Gasteiger partial charge < -0.3 is 5.11 Å². The van der Waals surface area contributed by atoms with Gasteiger partial charge in [-0.3, -0.25) is 0 Å². The fraction of sp³-hybridized carbons (Fsp3) is 0.500. The largest absolute Gasteiger partial charge is 0.506 e. The summed E-state index contributed by atoms with van der Waals surface area (Å²) >= 11 is 6.87. The Balaban J connectivity index is 3.45. The SMILES string of the molecule is CC(C)c1cc(C(C)C)c(Br)c(O)c1Br. The minimum Gasteiger partial charge on any atom is -0.506 e. The first kappa shape index (κ1) is 13.0. The summed E-state index contributed by atoms with van der Waals surface area (Å²) in [6, 6.07) is 2.16. The van der Waals surface area contributed by atoms with Crippen LogP contribution >= 0.6 is 31.9 Å². The highest BCUT2D eigenvalue weighted by atomic mass is 79.9. The monoisotopic (exact) mass is 334 g/mol. The summed E-state index contributed by atoms with van der Waals surface area (Å²) in [4.78, 5) is 0. The minimum absolute atomic E-state index is 0.310. The third kappa shape index (κ3) is 2.56. The highest BCUT2D eigenvalue weighted by Gasteiger charge is 2.17. The molecule has 0 aliphatic heterocycles. The molecule has 0 heterocycles. The molecule has 0 saturated heterocycles. The maximum absolute atomic E-state index is 9.97. The maximum atomic E-state index is 9.97. The zero-order valence-corrected chi connectivity index (χ0v) is 12.6. The van der Waals surface area contributed by atoms with E-state index in [1.165, 1.54) is 0 Å². The molecule has 0 saturated carbocycles. The molecule has 0 amide bonds. The molecular formula is C12H16Br2O. The summed E-state index contributed by atoms with van der Waals surface area (Å²) in [5.74, 6) is 1.11. The molecule has 0 aliphatic rings. The topological polar surface area (TPSA) is 20.2 Å². The number of rotatable bonds is 2. The van der Waals surface area contributed by atoms with E-state index in [-0.39, 0.29) is 0 Å². The van der Waals surface area contributed by atoms with Crippen molar-refractivity contribution in [3.63, 3.8) is 0 Å². The molecule has 1 nitrogen and oxygen atoms in total. The van der Waals surface area contributed by atoms with E-state index in [0.29, 0.717) is 17.6 Å². The fourth-order valence-electron chi connectivity index (χ4n) is 1.50. The predicted octanol–water partition coefficient (Wildman–Crippen LogP) is 5.16. The van der Waals surface area contributed by atoms with Crippen molar-refractivity contribution in [2.45, 2.75) is 39.5 Å². The quantitative estimate of drug-likeness (QED) is 0.791. The number of halogens is 2. The van der Waals surface area contributed by atoms with Crippen LogP contribution in [-0.4, -0.2) is 5.11 Å². The van der Waals surface area contributed by atoms with Crippen LogP contribution in [0, 0.1) is 0 Å². The number of hydrogen-bond acceptors (Lipinski definition) is 1. The van der Waals surface area contributed by atoms with Crippen LogP contribution in [-0.2, 0) is 0 Å². The normalized spacial score (nSPS) is 11.5. The van der Waals surface area contributed by atoms with Crippen molar-refractivity contribution in [2.24, 2.45) is 0 Å². The number of phenols is 1. The van der Waals surface area contributed by atoms with Crippen LogP contribution < -0.4 is 0 Å². The maximum Gasteiger partial charge on any atom is 0.144 e. The minimum atomic E-state index is 0.310. The highest BCUT2D eigenvalue weighted by Crippen LogP contribution is 2.42. The van der Waals surface area contributed by atoms with Gasteiger partial charge in [0, 0.05) is 0 Å². The highest BCUT2D eigenvalue weighted by molar-refractivity contribution is 9.11. The zero-order valence-electron chi connectivity index (χ0n) is 9.44. The fourth-order valence-corrected chi connectivity index (χ4v) is 3.31. The number of phenolic OH excluding ortho intramolecular Hbond substituents is 1. The lowest BCUT2D eigenvalue weighted by Crippen LogP contribution is -1.97. The zero-order chi connectivity index (χ0) is 11.7. The van der Waals surface area contributed by atoms with E-state index in [1.807, 2.05) is 0 Å². The number of benzene rings is 1. The third-order valence-electron chi connectivity index (χ3n) is 2.48. The molecule has 84 valence electrons. The second-order valence-corrected chi connectivity index (χ2v) is 5.93. The summed E-state index contributed by atoms with van der Waals surface area (Å²) in [7, 11) is 0. The van der Waals surface area contributed by atoms with Crippen molar-refractivity contribution in [3.8, 4) is 5.75 Å². The Hall–Kier alpha value is -0.0200. The molecule has 1 N–H and O–H groups in total.